The Kier molecular flexibility index (Phi) is 4.68. The maximum absolute atomic E-state index is 12.8. The molecule has 0 spiro atoms. The molecule has 2 N–H and O–H groups in total. The molecule has 0 aliphatic carbocycles. The number of aromatic nitrogens is 2. The summed E-state index contributed by atoms with van der Waals surface area (Å²) in [6, 6.07) is 8.62. The topological polar surface area (TPSA) is 98.3 Å². The Hall–Kier alpha value is -2.19. The molecule has 3 rings (SSSR count). The van der Waals surface area contributed by atoms with Crippen LogP contribution in [-0.4, -0.2) is 41.6 Å². The highest BCUT2D eigenvalue weighted by Crippen LogP contribution is 2.22. The van der Waals surface area contributed by atoms with E-state index in [2.05, 4.69) is 5.10 Å². The fourth-order valence-electron chi connectivity index (χ4n) is 3.11. The number of hydrogen-bond donors (Lipinski definition) is 1. The highest BCUT2D eigenvalue weighted by molar-refractivity contribution is 7.88. The highest BCUT2D eigenvalue weighted by atomic mass is 32.2. The Morgan fingerprint density at radius 1 is 1.33 bits per heavy atom. The van der Waals surface area contributed by atoms with Gasteiger partial charge in [0.15, 0.2) is 0 Å². The van der Waals surface area contributed by atoms with Crippen LogP contribution < -0.4 is 5.14 Å². The number of nitrogens with zero attached hydrogens (tertiary/aromatic N) is 3. The maximum atomic E-state index is 12.8. The van der Waals surface area contributed by atoms with Crippen LogP contribution in [0.15, 0.2) is 42.7 Å². The molecule has 0 radical (unpaired) electrons. The number of nitrogens with two attached hydrogens (primary N) is 1. The van der Waals surface area contributed by atoms with Gasteiger partial charge in [0.2, 0.25) is 10.0 Å². The number of amides is 1. The van der Waals surface area contributed by atoms with Gasteiger partial charge in [0.05, 0.1) is 18.3 Å². The molecule has 128 valence electrons. The molecule has 1 aliphatic rings. The van der Waals surface area contributed by atoms with E-state index in [0.29, 0.717) is 24.2 Å². The van der Waals surface area contributed by atoms with E-state index >= 15 is 0 Å². The molecule has 24 heavy (non-hydrogen) atoms. The smallest absolute Gasteiger partial charge is 0.254 e. The van der Waals surface area contributed by atoms with Crippen LogP contribution in [0, 0.1) is 0 Å². The Bertz CT molecular complexity index is 818. The van der Waals surface area contributed by atoms with Crippen molar-refractivity contribution in [1.29, 1.82) is 0 Å². The van der Waals surface area contributed by atoms with Crippen molar-refractivity contribution in [2.45, 2.75) is 31.2 Å². The van der Waals surface area contributed by atoms with Crippen molar-refractivity contribution in [3.8, 4) is 0 Å². The third-order valence-electron chi connectivity index (χ3n) is 4.14. The molecule has 1 aliphatic heterocycles. The van der Waals surface area contributed by atoms with Crippen molar-refractivity contribution >= 4 is 15.9 Å². The molecule has 0 bridgehead atoms. The van der Waals surface area contributed by atoms with Crippen LogP contribution in [0.1, 0.15) is 28.8 Å². The van der Waals surface area contributed by atoms with E-state index in [4.69, 9.17) is 5.14 Å². The van der Waals surface area contributed by atoms with Crippen molar-refractivity contribution < 1.29 is 13.2 Å². The van der Waals surface area contributed by atoms with E-state index < -0.39 is 10.0 Å². The minimum atomic E-state index is -3.62. The first-order valence-corrected chi connectivity index (χ1v) is 9.52. The molecule has 2 aromatic rings. The van der Waals surface area contributed by atoms with Gasteiger partial charge >= 0.3 is 0 Å². The average Bonchev–Trinajstić information content (AvgIpc) is 3.17. The predicted molar refractivity (Wildman–Crippen MR) is 89.5 cm³/mol. The van der Waals surface area contributed by atoms with Gasteiger partial charge in [0.1, 0.15) is 0 Å². The normalized spacial score (nSPS) is 18.0. The number of carbonyl (C=O) groups is 1. The maximum Gasteiger partial charge on any atom is 0.254 e. The van der Waals surface area contributed by atoms with Crippen molar-refractivity contribution in [3.05, 3.63) is 53.9 Å². The predicted octanol–water partition coefficient (Wildman–Crippen LogP) is 0.976. The van der Waals surface area contributed by atoms with E-state index in [1.807, 2.05) is 21.8 Å². The number of carbonyl (C=O) groups excluding carboxylic acids is 1. The SMILES string of the molecule is NS(=O)(=O)Cc1cccc(C(=O)N2CCCC2Cn2cccn2)c1. The lowest BCUT2D eigenvalue weighted by Crippen LogP contribution is -2.38. The molecule has 1 atom stereocenters. The van der Waals surface area contributed by atoms with Crippen LogP contribution in [0.25, 0.3) is 0 Å². The molecule has 1 saturated heterocycles. The van der Waals surface area contributed by atoms with Crippen molar-refractivity contribution in [2.24, 2.45) is 5.14 Å². The summed E-state index contributed by atoms with van der Waals surface area (Å²) < 4.78 is 24.3. The average molecular weight is 348 g/mol. The van der Waals surface area contributed by atoms with Crippen molar-refractivity contribution in [2.75, 3.05) is 6.54 Å². The summed E-state index contributed by atoms with van der Waals surface area (Å²) in [5, 5.41) is 9.28. The molecule has 2 heterocycles. The molecule has 1 aromatic heterocycles. The number of likely N-dealkylation sites (tertiary alicyclic amines) is 1. The first-order valence-electron chi connectivity index (χ1n) is 7.80. The van der Waals surface area contributed by atoms with E-state index in [9.17, 15) is 13.2 Å². The number of primary sulfonamides is 1. The summed E-state index contributed by atoms with van der Waals surface area (Å²) >= 11 is 0. The minimum absolute atomic E-state index is 0.0825. The summed E-state index contributed by atoms with van der Waals surface area (Å²) in [7, 11) is -3.62. The van der Waals surface area contributed by atoms with Gasteiger partial charge in [0, 0.05) is 24.5 Å². The second kappa shape index (κ2) is 6.74. The van der Waals surface area contributed by atoms with Crippen LogP contribution in [0.5, 0.6) is 0 Å². The molecule has 1 unspecified atom stereocenters. The fraction of sp³-hybridized carbons (Fsp3) is 0.375. The number of benzene rings is 1. The van der Waals surface area contributed by atoms with Crippen LogP contribution in [0.2, 0.25) is 0 Å². The monoisotopic (exact) mass is 348 g/mol. The zero-order valence-electron chi connectivity index (χ0n) is 13.2. The van der Waals surface area contributed by atoms with Gasteiger partial charge in [-0.1, -0.05) is 12.1 Å². The summed E-state index contributed by atoms with van der Waals surface area (Å²) in [5.74, 6) is -0.355. The molecule has 7 nitrogen and oxygen atoms in total. The largest absolute Gasteiger partial charge is 0.334 e. The molecule has 1 fully saturated rings. The van der Waals surface area contributed by atoms with Crippen LogP contribution in [0.4, 0.5) is 0 Å². The molecule has 1 aromatic carbocycles. The van der Waals surface area contributed by atoms with Gasteiger partial charge in [-0.15, -0.1) is 0 Å². The second-order valence-electron chi connectivity index (χ2n) is 6.03. The van der Waals surface area contributed by atoms with Crippen LogP contribution >= 0.6 is 0 Å². The lowest BCUT2D eigenvalue weighted by molar-refractivity contribution is 0.0721. The van der Waals surface area contributed by atoms with E-state index in [-0.39, 0.29) is 17.7 Å². The zero-order valence-corrected chi connectivity index (χ0v) is 14.0. The number of rotatable bonds is 5. The third kappa shape index (κ3) is 4.01. The summed E-state index contributed by atoms with van der Waals surface area (Å²) in [4.78, 5) is 14.7. The molecule has 8 heteroatoms. The van der Waals surface area contributed by atoms with Gasteiger partial charge in [-0.25, -0.2) is 13.6 Å². The third-order valence-corrected chi connectivity index (χ3v) is 4.87. The van der Waals surface area contributed by atoms with Gasteiger partial charge in [-0.05, 0) is 36.6 Å². The Balaban J connectivity index is 1.76. The Morgan fingerprint density at radius 3 is 2.88 bits per heavy atom. The summed E-state index contributed by atoms with van der Waals surface area (Å²) in [6.45, 7) is 1.36. The molecular formula is C16H20N4O3S. The molecular weight excluding hydrogens is 328 g/mol. The Labute approximate surface area is 141 Å². The van der Waals surface area contributed by atoms with Gasteiger partial charge < -0.3 is 4.90 Å². The van der Waals surface area contributed by atoms with Gasteiger partial charge in [-0.3, -0.25) is 9.48 Å². The zero-order chi connectivity index (χ0) is 17.2. The minimum Gasteiger partial charge on any atom is -0.334 e. The van der Waals surface area contributed by atoms with E-state index in [0.717, 1.165) is 12.8 Å². The summed E-state index contributed by atoms with van der Waals surface area (Å²) in [5.41, 5.74) is 1.01. The number of sulfonamides is 1. The lowest BCUT2D eigenvalue weighted by Gasteiger charge is -2.25. The van der Waals surface area contributed by atoms with Gasteiger partial charge in [-0.2, -0.15) is 5.10 Å². The quantitative estimate of drug-likeness (QED) is 0.870. The molecule has 0 saturated carbocycles. The van der Waals surface area contributed by atoms with Crippen molar-refractivity contribution in [1.82, 2.24) is 14.7 Å². The summed E-state index contributed by atoms with van der Waals surface area (Å²) in [6.07, 6.45) is 5.49. The van der Waals surface area contributed by atoms with E-state index in [1.165, 1.54) is 0 Å². The molecule has 1 amide bonds. The van der Waals surface area contributed by atoms with Crippen LogP contribution in [-0.2, 0) is 22.3 Å². The van der Waals surface area contributed by atoms with E-state index in [1.54, 1.807) is 30.5 Å². The lowest BCUT2D eigenvalue weighted by atomic mass is 10.1. The first kappa shape index (κ1) is 16.7. The van der Waals surface area contributed by atoms with Crippen molar-refractivity contribution in [3.63, 3.8) is 0 Å². The fourth-order valence-corrected chi connectivity index (χ4v) is 3.75. The standard InChI is InChI=1S/C16H20N4O3S/c17-24(22,23)12-13-4-1-5-14(10-13)16(21)20-9-2-6-15(20)11-19-8-3-7-18-19/h1,3-5,7-8,10,15H,2,6,9,11-12H2,(H2,17,22,23). The van der Waals surface area contributed by atoms with Crippen LogP contribution in [0.3, 0.4) is 0 Å². The Morgan fingerprint density at radius 2 is 2.17 bits per heavy atom. The number of hydrogen-bond acceptors (Lipinski definition) is 4. The second-order valence-corrected chi connectivity index (χ2v) is 7.64. The first-order chi connectivity index (χ1) is 11.4. The highest BCUT2D eigenvalue weighted by Gasteiger charge is 2.29. The van der Waals surface area contributed by atoms with Gasteiger partial charge in [0.25, 0.3) is 5.91 Å².